The maximum atomic E-state index is 12.7. The van der Waals surface area contributed by atoms with Gasteiger partial charge in [-0.05, 0) is 64.7 Å². The first kappa shape index (κ1) is 15.3. The Morgan fingerprint density at radius 1 is 1.21 bits per heavy atom. The molecule has 224 valence electrons. The number of carbonyl (C=O) groups excluding carboxylic acids is 1. The summed E-state index contributed by atoms with van der Waals surface area (Å²) in [7, 11) is 8.08. The molecular formula is C29H61N7O2. The molecule has 0 saturated heterocycles. The van der Waals surface area contributed by atoms with Crippen LogP contribution in [-0.4, -0.2) is 65.7 Å². The minimum absolute atomic E-state index is 0.196. The molecule has 9 nitrogen and oxygen atoms in total. The molecule has 0 bridgehead atoms. The van der Waals surface area contributed by atoms with E-state index in [1.54, 1.807) is 12.3 Å². The number of benzene rings is 2. The van der Waals surface area contributed by atoms with Gasteiger partial charge in [-0.25, -0.2) is 14.8 Å². The van der Waals surface area contributed by atoms with Crippen molar-refractivity contribution in [3.8, 4) is 11.3 Å². The van der Waals surface area contributed by atoms with Gasteiger partial charge >= 0.3 is 5.97 Å². The summed E-state index contributed by atoms with van der Waals surface area (Å²) in [4.78, 5) is 26.3. The third kappa shape index (κ3) is 5.73. The Labute approximate surface area is 261 Å². The molecule has 2 heterocycles. The first-order valence-corrected chi connectivity index (χ1v) is 12.7. The maximum absolute atomic E-state index is 12.7. The van der Waals surface area contributed by atoms with E-state index in [1.165, 1.54) is 0 Å². The van der Waals surface area contributed by atoms with Gasteiger partial charge in [0.15, 0.2) is 0 Å². The zero-order chi connectivity index (χ0) is 51.6. The molecule has 0 fully saturated rings. The Morgan fingerprint density at radius 3 is 2.68 bits per heavy atom. The summed E-state index contributed by atoms with van der Waals surface area (Å²) in [5.74, 6) is 0.123. The predicted octanol–water partition coefficient (Wildman–Crippen LogP) is 7.78. The summed E-state index contributed by atoms with van der Waals surface area (Å²) in [6, 6.07) is 11.5. The molecule has 4 rings (SSSR count). The van der Waals surface area contributed by atoms with E-state index >= 15 is 0 Å². The van der Waals surface area contributed by atoms with E-state index in [0.29, 0.717) is 17.2 Å². The zero-order valence-electron chi connectivity index (χ0n) is 47.2. The van der Waals surface area contributed by atoms with Crippen molar-refractivity contribution in [1.29, 1.82) is 0 Å². The molecule has 2 aromatic heterocycles. The van der Waals surface area contributed by atoms with E-state index < -0.39 is 0 Å². The average Bonchev–Trinajstić information content (AvgIpc) is 3.70. The summed E-state index contributed by atoms with van der Waals surface area (Å²) in [6.07, 6.45) is 3.51. The number of ether oxygens (including phenoxy) is 1. The number of esters is 1. The smallest absolute Gasteiger partial charge is 0.340 e. The molecular weight excluding hydrogens is 478 g/mol. The van der Waals surface area contributed by atoms with E-state index in [4.69, 9.17) is 51.1 Å². The minimum atomic E-state index is -0.340. The Morgan fingerprint density at radius 2 is 1.97 bits per heavy atom. The number of rotatable bonds is 9. The Hall–Kier alpha value is -4.11. The second kappa shape index (κ2) is 11.1. The first-order valence-electron chi connectivity index (χ1n) is 24.7. The van der Waals surface area contributed by atoms with Gasteiger partial charge in [0.1, 0.15) is 0 Å². The van der Waals surface area contributed by atoms with Crippen molar-refractivity contribution in [2.24, 2.45) is 7.05 Å². The number of likely N-dealkylation sites (N-methyl/N-ethyl adjacent to an activating group) is 2. The number of nitrogens with zero attached hydrogens (tertiary/aromatic N) is 5. The van der Waals surface area contributed by atoms with Crippen LogP contribution in [0.5, 0.6) is 0 Å². The molecule has 0 radical (unpaired) electrons. The van der Waals surface area contributed by atoms with Crippen LogP contribution < -0.4 is 16.0 Å². The van der Waals surface area contributed by atoms with Gasteiger partial charge in [-0.15, -0.1) is 0 Å². The lowest BCUT2D eigenvalue weighted by Crippen LogP contribution is -2.29. The van der Waals surface area contributed by atoms with Crippen molar-refractivity contribution in [2.75, 3.05) is 50.2 Å². The second-order valence-electron chi connectivity index (χ2n) is 10.2. The Kier molecular flexibility index (Phi) is 4.48. The van der Waals surface area contributed by atoms with Crippen molar-refractivity contribution in [1.82, 2.24) is 19.4 Å². The SMILES string of the molecule is Cc1cc(N(C)CCN(C)C)c(N)cc1Nc1nccc(-c2cn(C)c3c(C(=O)OC(C)C)cccc23)n1.[3H][3H].[3H][3H].[3H][3H].[3H][3H].[3H][3H].[3H][3H].[3H][3H].[3H][3H].[3H][3H].[3H][3H].[3H][3H].[3H][3H]. The summed E-state index contributed by atoms with van der Waals surface area (Å²) >= 11 is 0. The van der Waals surface area contributed by atoms with Crippen LogP contribution in [0.3, 0.4) is 0 Å². The number of aryl methyl sites for hydroxylation is 2. The minimum Gasteiger partial charge on any atom is -0.459 e. The fourth-order valence-electron chi connectivity index (χ4n) is 4.45. The van der Waals surface area contributed by atoms with Crippen molar-refractivity contribution < 1.29 is 45.2 Å². The van der Waals surface area contributed by atoms with Gasteiger partial charge in [0.05, 0.1) is 34.3 Å². The van der Waals surface area contributed by atoms with Gasteiger partial charge < -0.3 is 30.2 Å². The van der Waals surface area contributed by atoms with Crippen molar-refractivity contribution in [3.05, 3.63) is 59.9 Å². The van der Waals surface area contributed by atoms with Crippen LogP contribution in [0, 0.1) is 6.92 Å². The zero-order valence-corrected chi connectivity index (χ0v) is 23.2. The molecule has 0 saturated carbocycles. The summed E-state index contributed by atoms with van der Waals surface area (Å²) in [6.45, 7) is 7.53. The van der Waals surface area contributed by atoms with Crippen LogP contribution in [0.2, 0.25) is 0 Å². The predicted molar refractivity (Wildman–Crippen MR) is 181 cm³/mol. The highest BCUT2D eigenvalue weighted by Crippen LogP contribution is 2.33. The lowest BCUT2D eigenvalue weighted by atomic mass is 10.1. The molecule has 9 heteroatoms. The fourth-order valence-corrected chi connectivity index (χ4v) is 4.45. The molecule has 0 aliphatic heterocycles. The molecule has 4 aromatic rings. The number of hydrogen-bond acceptors (Lipinski definition) is 8. The first-order chi connectivity index (χ1) is 30.0. The summed E-state index contributed by atoms with van der Waals surface area (Å²) in [5, 5.41) is 4.25. The van der Waals surface area contributed by atoms with Crippen LogP contribution in [0.1, 0.15) is 65.4 Å². The molecule has 0 atom stereocenters. The van der Waals surface area contributed by atoms with E-state index in [1.807, 2.05) is 69.9 Å². The van der Waals surface area contributed by atoms with Crippen molar-refractivity contribution in [2.45, 2.75) is 26.9 Å². The summed E-state index contributed by atoms with van der Waals surface area (Å²) in [5.41, 5.74) is 13.0. The van der Waals surface area contributed by atoms with E-state index in [0.717, 1.165) is 52.2 Å². The summed E-state index contributed by atoms with van der Waals surface area (Å²) < 4.78 is 127. The number of hydrogen-bond donors (Lipinski definition) is 2. The third-order valence-electron chi connectivity index (χ3n) is 6.41. The number of fused-ring (bicyclic) bond motifs is 1. The van der Waals surface area contributed by atoms with Gasteiger partial charge in [-0.2, -0.15) is 0 Å². The topological polar surface area (TPSA) is 102 Å². The van der Waals surface area contributed by atoms with Gasteiger partial charge in [-0.1, -0.05) is 12.1 Å². The number of para-hydroxylation sites is 1. The maximum Gasteiger partial charge on any atom is 0.340 e. The van der Waals surface area contributed by atoms with Crippen molar-refractivity contribution in [3.63, 3.8) is 0 Å². The molecule has 38 heavy (non-hydrogen) atoms. The van der Waals surface area contributed by atoms with Crippen LogP contribution in [0.25, 0.3) is 22.2 Å². The molecule has 0 amide bonds. The largest absolute Gasteiger partial charge is 0.459 e. The molecule has 0 spiro atoms. The van der Waals surface area contributed by atoms with Gasteiger partial charge in [0.2, 0.25) is 5.95 Å². The van der Waals surface area contributed by atoms with Gasteiger partial charge in [0, 0.05) is 91.9 Å². The standard InChI is InChI=1S/C29H37N7O2.12H2/c1-18(2)38-28(37)21-10-8-9-20-22(17-36(7)27(20)21)24-11-12-31-29(32-24)33-25-16-23(30)26(15-19(25)3)35(6)14-13-34(4)5;;;;;;;;;;;;/h8-12,15-18H,13-14,30H2,1-7H3,(H,31,32,33);12*1H/i;12*1+2T. The average molecular weight is 588 g/mol. The molecule has 0 aliphatic rings. The lowest BCUT2D eigenvalue weighted by molar-refractivity contribution is 0.0380. The Balaban J connectivity index is -0.000000144. The number of nitrogens with two attached hydrogens (primary N) is 1. The van der Waals surface area contributed by atoms with Crippen LogP contribution in [0.4, 0.5) is 23.0 Å². The quantitative estimate of drug-likeness (QED) is 0.151. The van der Waals surface area contributed by atoms with Crippen LogP contribution in [0.15, 0.2) is 48.8 Å². The van der Waals surface area contributed by atoms with Crippen LogP contribution in [-0.2, 0) is 11.8 Å². The highest BCUT2D eigenvalue weighted by atomic mass is 16.5. The van der Waals surface area contributed by atoms with Crippen molar-refractivity contribution >= 4 is 39.9 Å². The second-order valence-corrected chi connectivity index (χ2v) is 10.2. The van der Waals surface area contributed by atoms with Gasteiger partial charge in [-0.3, -0.25) is 0 Å². The number of nitrogens with one attached hydrogen (secondary N) is 1. The van der Waals surface area contributed by atoms with E-state index in [2.05, 4.69) is 40.3 Å². The molecule has 2 aromatic carbocycles. The molecule has 3 N–H and O–H groups in total. The highest BCUT2D eigenvalue weighted by Gasteiger charge is 2.19. The number of aromatic nitrogens is 3. The van der Waals surface area contributed by atoms with Crippen LogP contribution >= 0.6 is 0 Å². The number of anilines is 4. The van der Waals surface area contributed by atoms with E-state index in [-0.39, 0.29) is 12.1 Å². The van der Waals surface area contributed by atoms with E-state index in [9.17, 15) is 4.79 Å². The monoisotopic (exact) mass is 588 g/mol. The highest BCUT2D eigenvalue weighted by molar-refractivity contribution is 6.07. The molecule has 0 aliphatic carbocycles. The normalized spacial score (nSPS) is 13.9. The van der Waals surface area contributed by atoms with Gasteiger partial charge in [0.25, 0.3) is 0 Å². The number of nitrogen functional groups attached to an aromatic ring is 1. The fraction of sp³-hybridized carbons (Fsp3) is 0.345. The number of carbonyl (C=O) groups is 1. The lowest BCUT2D eigenvalue weighted by Gasteiger charge is -2.24. The Bertz CT molecular complexity index is 1520. The third-order valence-corrected chi connectivity index (χ3v) is 6.41. The molecule has 0 unspecified atom stereocenters.